The largest absolute Gasteiger partial charge is 0.496 e. The number of aliphatic hydroxyl groups excluding tert-OH is 1. The molecule has 3 aromatic carbocycles. The van der Waals surface area contributed by atoms with Crippen molar-refractivity contribution in [2.45, 2.75) is 37.1 Å². The normalized spacial score (nSPS) is 29.0. The van der Waals surface area contributed by atoms with Crippen LogP contribution in [0.3, 0.4) is 0 Å². The van der Waals surface area contributed by atoms with Crippen LogP contribution in [0.15, 0.2) is 54.6 Å². The summed E-state index contributed by atoms with van der Waals surface area (Å²) in [7, 11) is 3.11. The predicted molar refractivity (Wildman–Crippen MR) is 142 cm³/mol. The van der Waals surface area contributed by atoms with Gasteiger partial charge in [-0.25, -0.2) is 9.74 Å². The average molecular weight is 529 g/mol. The summed E-state index contributed by atoms with van der Waals surface area (Å²) >= 11 is 0. The van der Waals surface area contributed by atoms with Gasteiger partial charge in [0, 0.05) is 31.0 Å². The molecule has 39 heavy (non-hydrogen) atoms. The van der Waals surface area contributed by atoms with Crippen molar-refractivity contribution in [1.29, 1.82) is 0 Å². The van der Waals surface area contributed by atoms with Gasteiger partial charge < -0.3 is 24.1 Å². The highest BCUT2D eigenvalue weighted by Crippen LogP contribution is 2.62. The van der Waals surface area contributed by atoms with Crippen LogP contribution in [0, 0.1) is 18.4 Å². The van der Waals surface area contributed by atoms with E-state index in [4.69, 9.17) is 25.5 Å². The number of nitrogens with zero attached hydrogens (tertiary/aromatic N) is 2. The smallest absolute Gasteiger partial charge is 0.240 e. The maximum Gasteiger partial charge on any atom is 0.240 e. The summed E-state index contributed by atoms with van der Waals surface area (Å²) in [5, 5.41) is 12.4. The topological polar surface area (TPSA) is 98.9 Å². The number of hydrogen-bond acceptors (Lipinski definition) is 7. The summed E-state index contributed by atoms with van der Waals surface area (Å²) in [6, 6.07) is 15.7. The van der Waals surface area contributed by atoms with Crippen LogP contribution in [0.1, 0.15) is 19.8 Å². The van der Waals surface area contributed by atoms with Gasteiger partial charge in [0.1, 0.15) is 22.8 Å². The van der Waals surface area contributed by atoms with Crippen molar-refractivity contribution in [2.75, 3.05) is 25.7 Å². The predicted octanol–water partition coefficient (Wildman–Crippen LogP) is 4.27. The fraction of sp³-hybridized carbons (Fsp3) is 0.367. The minimum atomic E-state index is -1.20. The molecule has 0 saturated carbocycles. The molecule has 2 bridgehead atoms. The monoisotopic (exact) mass is 528 g/mol. The number of amides is 2. The SMILES string of the molecule is [C-]#[N+]c1ccc(N2C(=O)[C@@H]3[C@H](C2=O)C2(C)OC3(CCOc3cc(OC)cc(OC)c3)CC2O)c2ccccc12. The van der Waals surface area contributed by atoms with Gasteiger partial charge in [-0.15, -0.1) is 0 Å². The molecule has 3 aromatic rings. The first-order valence-electron chi connectivity index (χ1n) is 12.8. The molecule has 0 radical (unpaired) electrons. The Labute approximate surface area is 225 Å². The van der Waals surface area contributed by atoms with Crippen LogP contribution in [0.2, 0.25) is 0 Å². The maximum absolute atomic E-state index is 14.0. The van der Waals surface area contributed by atoms with E-state index in [0.717, 1.165) is 0 Å². The van der Waals surface area contributed by atoms with E-state index in [0.29, 0.717) is 45.8 Å². The summed E-state index contributed by atoms with van der Waals surface area (Å²) in [6.07, 6.45) is -0.391. The summed E-state index contributed by atoms with van der Waals surface area (Å²) < 4.78 is 23.1. The molecular formula is C30H28N2O7. The molecule has 9 heteroatoms. The van der Waals surface area contributed by atoms with E-state index in [9.17, 15) is 14.7 Å². The average Bonchev–Trinajstić information content (AvgIpc) is 3.48. The first kappa shape index (κ1) is 25.2. The molecule has 0 aliphatic carbocycles. The number of anilines is 1. The molecule has 0 spiro atoms. The van der Waals surface area contributed by atoms with Gasteiger partial charge in [0.05, 0.1) is 56.6 Å². The van der Waals surface area contributed by atoms with Gasteiger partial charge >= 0.3 is 0 Å². The van der Waals surface area contributed by atoms with E-state index in [-0.39, 0.29) is 18.9 Å². The molecule has 6 rings (SSSR count). The van der Waals surface area contributed by atoms with Crippen LogP contribution in [0.5, 0.6) is 17.2 Å². The third kappa shape index (κ3) is 3.59. The van der Waals surface area contributed by atoms with Gasteiger partial charge in [-0.2, -0.15) is 0 Å². The Bertz CT molecular complexity index is 1530. The lowest BCUT2D eigenvalue weighted by Crippen LogP contribution is -2.49. The lowest BCUT2D eigenvalue weighted by Gasteiger charge is -2.33. The van der Waals surface area contributed by atoms with Gasteiger partial charge in [0.15, 0.2) is 5.69 Å². The molecule has 3 saturated heterocycles. The van der Waals surface area contributed by atoms with Crippen LogP contribution in [-0.2, 0) is 14.3 Å². The number of carbonyl (C=O) groups is 2. The van der Waals surface area contributed by atoms with Gasteiger partial charge in [-0.3, -0.25) is 9.59 Å². The Morgan fingerprint density at radius 2 is 1.64 bits per heavy atom. The Morgan fingerprint density at radius 3 is 2.31 bits per heavy atom. The van der Waals surface area contributed by atoms with Crippen LogP contribution in [0.4, 0.5) is 11.4 Å². The number of ether oxygens (including phenoxy) is 4. The molecule has 5 atom stereocenters. The zero-order chi connectivity index (χ0) is 27.5. The lowest BCUT2D eigenvalue weighted by molar-refractivity contribution is -0.134. The van der Waals surface area contributed by atoms with Crippen molar-refractivity contribution in [1.82, 2.24) is 0 Å². The van der Waals surface area contributed by atoms with E-state index < -0.39 is 35.0 Å². The number of aliphatic hydroxyl groups is 1. The van der Waals surface area contributed by atoms with Crippen LogP contribution in [0.25, 0.3) is 15.6 Å². The van der Waals surface area contributed by atoms with E-state index in [1.54, 1.807) is 51.5 Å². The van der Waals surface area contributed by atoms with Crippen molar-refractivity contribution in [3.63, 3.8) is 0 Å². The highest BCUT2D eigenvalue weighted by atomic mass is 16.6. The third-order valence-corrected chi connectivity index (χ3v) is 8.47. The fourth-order valence-electron chi connectivity index (χ4n) is 6.63. The summed E-state index contributed by atoms with van der Waals surface area (Å²) in [5.74, 6) is -0.664. The van der Waals surface area contributed by atoms with Crippen molar-refractivity contribution < 1.29 is 33.6 Å². The first-order valence-corrected chi connectivity index (χ1v) is 12.8. The Balaban J connectivity index is 1.33. The van der Waals surface area contributed by atoms with E-state index in [1.807, 2.05) is 24.3 Å². The molecule has 3 fully saturated rings. The molecular weight excluding hydrogens is 500 g/mol. The zero-order valence-electron chi connectivity index (χ0n) is 21.8. The van der Waals surface area contributed by atoms with Gasteiger partial charge in [0.25, 0.3) is 0 Å². The number of carbonyl (C=O) groups excluding carboxylic acids is 2. The van der Waals surface area contributed by atoms with E-state index >= 15 is 0 Å². The molecule has 3 aliphatic heterocycles. The van der Waals surface area contributed by atoms with Crippen molar-refractivity contribution in [2.24, 2.45) is 11.8 Å². The minimum absolute atomic E-state index is 0.187. The van der Waals surface area contributed by atoms with Crippen molar-refractivity contribution >= 4 is 34.0 Å². The maximum atomic E-state index is 14.0. The summed E-state index contributed by atoms with van der Waals surface area (Å²) in [6.45, 7) is 9.40. The molecule has 3 unspecified atom stereocenters. The Kier molecular flexibility index (Phi) is 5.79. The van der Waals surface area contributed by atoms with Crippen LogP contribution >= 0.6 is 0 Å². The third-order valence-electron chi connectivity index (χ3n) is 8.47. The summed E-state index contributed by atoms with van der Waals surface area (Å²) in [5.41, 5.74) is -1.37. The zero-order valence-corrected chi connectivity index (χ0v) is 21.8. The Hall–Kier alpha value is -4.13. The number of benzene rings is 3. The molecule has 200 valence electrons. The van der Waals surface area contributed by atoms with Crippen LogP contribution < -0.4 is 19.1 Å². The van der Waals surface area contributed by atoms with Crippen molar-refractivity contribution in [3.8, 4) is 17.2 Å². The number of fused-ring (bicyclic) bond motifs is 6. The second-order valence-electron chi connectivity index (χ2n) is 10.4. The second-order valence-corrected chi connectivity index (χ2v) is 10.4. The van der Waals surface area contributed by atoms with Gasteiger partial charge in [0.2, 0.25) is 11.8 Å². The van der Waals surface area contributed by atoms with E-state index in [2.05, 4.69) is 4.85 Å². The number of hydrogen-bond donors (Lipinski definition) is 1. The number of methoxy groups -OCH3 is 2. The fourth-order valence-corrected chi connectivity index (χ4v) is 6.63. The second kappa shape index (κ2) is 8.97. The van der Waals surface area contributed by atoms with Gasteiger partial charge in [-0.1, -0.05) is 30.3 Å². The highest BCUT2D eigenvalue weighted by Gasteiger charge is 2.77. The highest BCUT2D eigenvalue weighted by molar-refractivity contribution is 6.26. The summed E-state index contributed by atoms with van der Waals surface area (Å²) in [4.78, 5) is 32.8. The molecule has 2 amide bonds. The molecule has 3 heterocycles. The minimum Gasteiger partial charge on any atom is -0.496 e. The van der Waals surface area contributed by atoms with Crippen molar-refractivity contribution in [3.05, 3.63) is 66.0 Å². The molecule has 1 N–H and O–H groups in total. The number of rotatable bonds is 7. The molecule has 0 aromatic heterocycles. The van der Waals surface area contributed by atoms with E-state index in [1.165, 1.54) is 4.90 Å². The lowest BCUT2D eigenvalue weighted by atomic mass is 9.66. The standard InChI is InChI=1S/C30H28N2O7/c1-29-24(33)16-30(39-29,11-12-38-19-14-17(36-3)13-18(15-19)37-4)26-25(29)27(34)32(28(26)35)23-10-9-22(31-2)20-7-5-6-8-21(20)23/h5-10,13-15,24-26,33H,11-12,16H2,1,3-4H3/t24?,25-,26+,29?,30?/m1/s1. The first-order chi connectivity index (χ1) is 18.8. The number of imide groups is 1. The quantitative estimate of drug-likeness (QED) is 0.361. The molecule has 3 aliphatic rings. The van der Waals surface area contributed by atoms with Gasteiger partial charge in [-0.05, 0) is 23.8 Å². The Morgan fingerprint density at radius 1 is 1.00 bits per heavy atom. The van der Waals surface area contributed by atoms with Crippen LogP contribution in [-0.4, -0.2) is 55.1 Å². The molecule has 9 nitrogen and oxygen atoms in total.